The van der Waals surface area contributed by atoms with Gasteiger partial charge in [-0.1, -0.05) is 40.2 Å². The molecule has 0 aromatic carbocycles. The lowest BCUT2D eigenvalue weighted by molar-refractivity contribution is 0.142. The van der Waals surface area contributed by atoms with Crippen LogP contribution in [0.3, 0.4) is 0 Å². The molecule has 0 bridgehead atoms. The van der Waals surface area contributed by atoms with E-state index in [4.69, 9.17) is 4.99 Å². The first kappa shape index (κ1) is 15.5. The van der Waals surface area contributed by atoms with Gasteiger partial charge in [-0.3, -0.25) is 4.99 Å². The van der Waals surface area contributed by atoms with Crippen molar-refractivity contribution >= 4 is 6.21 Å². The quantitative estimate of drug-likeness (QED) is 0.591. The molecular weight excluding hydrogens is 218 g/mol. The largest absolute Gasteiger partial charge is 0.287 e. The molecule has 104 valence electrons. The monoisotopic (exact) mass is 249 g/mol. The molecule has 1 nitrogen and oxygen atoms in total. The Morgan fingerprint density at radius 1 is 1.22 bits per heavy atom. The normalized spacial score (nSPS) is 30.4. The molecule has 0 amide bonds. The number of rotatable bonds is 4. The van der Waals surface area contributed by atoms with Crippen LogP contribution in [0.5, 0.6) is 0 Å². The standard InChI is InChI=1S/C17H31N/c1-6-7-8-9-14-18-17(5)12-10-15(11-13-17)16(2,3)4/h8-9,14-15H,6-7,10-13H2,1-5H3/b9-8+,18-14?. The minimum absolute atomic E-state index is 0.193. The van der Waals surface area contributed by atoms with E-state index in [0.29, 0.717) is 5.41 Å². The lowest BCUT2D eigenvalue weighted by atomic mass is 9.68. The maximum atomic E-state index is 4.79. The van der Waals surface area contributed by atoms with Gasteiger partial charge in [0.2, 0.25) is 0 Å². The van der Waals surface area contributed by atoms with E-state index >= 15 is 0 Å². The zero-order valence-electron chi connectivity index (χ0n) is 13.0. The number of hydrogen-bond donors (Lipinski definition) is 0. The first-order valence-corrected chi connectivity index (χ1v) is 7.58. The molecule has 1 fully saturated rings. The number of hydrogen-bond acceptors (Lipinski definition) is 1. The highest BCUT2D eigenvalue weighted by atomic mass is 14.8. The maximum Gasteiger partial charge on any atom is 0.0580 e. The molecule has 0 unspecified atom stereocenters. The van der Waals surface area contributed by atoms with Crippen LogP contribution in [0.25, 0.3) is 0 Å². The van der Waals surface area contributed by atoms with Gasteiger partial charge in [0.25, 0.3) is 0 Å². The highest BCUT2D eigenvalue weighted by Crippen LogP contribution is 2.42. The van der Waals surface area contributed by atoms with Gasteiger partial charge in [-0.15, -0.1) is 0 Å². The highest BCUT2D eigenvalue weighted by molar-refractivity contribution is 5.71. The van der Waals surface area contributed by atoms with Crippen LogP contribution in [0.4, 0.5) is 0 Å². The van der Waals surface area contributed by atoms with Gasteiger partial charge in [0.1, 0.15) is 0 Å². The van der Waals surface area contributed by atoms with Gasteiger partial charge in [0.15, 0.2) is 0 Å². The van der Waals surface area contributed by atoms with Crippen molar-refractivity contribution in [3.8, 4) is 0 Å². The Bertz CT molecular complexity index is 285. The average Bonchev–Trinajstić information content (AvgIpc) is 2.28. The summed E-state index contributed by atoms with van der Waals surface area (Å²) >= 11 is 0. The molecule has 1 heteroatoms. The molecule has 1 rings (SSSR count). The third-order valence-electron chi connectivity index (χ3n) is 4.35. The van der Waals surface area contributed by atoms with E-state index in [2.05, 4.69) is 46.8 Å². The van der Waals surface area contributed by atoms with E-state index in [9.17, 15) is 0 Å². The topological polar surface area (TPSA) is 12.4 Å². The third-order valence-corrected chi connectivity index (χ3v) is 4.35. The predicted octanol–water partition coefficient (Wildman–Crippen LogP) is 5.41. The third kappa shape index (κ3) is 4.96. The van der Waals surface area contributed by atoms with Crippen LogP contribution >= 0.6 is 0 Å². The van der Waals surface area contributed by atoms with E-state index in [-0.39, 0.29) is 5.54 Å². The lowest BCUT2D eigenvalue weighted by Crippen LogP contribution is -2.33. The van der Waals surface area contributed by atoms with Gasteiger partial charge in [0.05, 0.1) is 5.54 Å². The fourth-order valence-corrected chi connectivity index (χ4v) is 2.78. The van der Waals surface area contributed by atoms with Gasteiger partial charge in [0, 0.05) is 6.21 Å². The molecule has 0 aromatic rings. The van der Waals surface area contributed by atoms with Crippen molar-refractivity contribution in [3.05, 3.63) is 12.2 Å². The van der Waals surface area contributed by atoms with Crippen molar-refractivity contribution in [1.29, 1.82) is 0 Å². The van der Waals surface area contributed by atoms with E-state index in [1.165, 1.54) is 32.1 Å². The number of unbranched alkanes of at least 4 members (excludes halogenated alkanes) is 1. The first-order valence-electron chi connectivity index (χ1n) is 7.58. The molecular formula is C17H31N. The number of nitrogens with zero attached hydrogens (tertiary/aromatic N) is 1. The van der Waals surface area contributed by atoms with Crippen molar-refractivity contribution < 1.29 is 0 Å². The zero-order valence-corrected chi connectivity index (χ0v) is 13.0. The van der Waals surface area contributed by atoms with E-state index in [1.807, 2.05) is 6.21 Å². The molecule has 0 N–H and O–H groups in total. The molecule has 1 saturated carbocycles. The lowest BCUT2D eigenvalue weighted by Gasteiger charge is -2.40. The number of allylic oxidation sites excluding steroid dienone is 2. The summed E-state index contributed by atoms with van der Waals surface area (Å²) in [4.78, 5) is 4.79. The average molecular weight is 249 g/mol. The predicted molar refractivity (Wildman–Crippen MR) is 82.4 cm³/mol. The molecule has 0 saturated heterocycles. The first-order chi connectivity index (χ1) is 8.37. The Balaban J connectivity index is 2.44. The maximum absolute atomic E-state index is 4.79. The molecule has 1 aliphatic rings. The molecule has 18 heavy (non-hydrogen) atoms. The van der Waals surface area contributed by atoms with Gasteiger partial charge in [-0.2, -0.15) is 0 Å². The summed E-state index contributed by atoms with van der Waals surface area (Å²) in [5.74, 6) is 0.872. The van der Waals surface area contributed by atoms with Crippen molar-refractivity contribution in [2.24, 2.45) is 16.3 Å². The second-order valence-electron chi connectivity index (χ2n) is 7.13. The smallest absolute Gasteiger partial charge is 0.0580 e. The van der Waals surface area contributed by atoms with E-state index < -0.39 is 0 Å². The zero-order chi connectivity index (χ0) is 13.6. The van der Waals surface area contributed by atoms with Crippen LogP contribution < -0.4 is 0 Å². The van der Waals surface area contributed by atoms with Crippen LogP contribution in [0.1, 0.15) is 73.1 Å². The highest BCUT2D eigenvalue weighted by Gasteiger charge is 2.34. The summed E-state index contributed by atoms with van der Waals surface area (Å²) in [5, 5.41) is 0. The fourth-order valence-electron chi connectivity index (χ4n) is 2.78. The SMILES string of the molecule is CCC/C=C/C=NC1(C)CCC(C(C)(C)C)CC1. The van der Waals surface area contributed by atoms with Crippen LogP contribution in [0, 0.1) is 11.3 Å². The molecule has 0 aliphatic heterocycles. The van der Waals surface area contributed by atoms with E-state index in [1.54, 1.807) is 0 Å². The summed E-state index contributed by atoms with van der Waals surface area (Å²) in [6, 6.07) is 0. The minimum Gasteiger partial charge on any atom is -0.287 e. The van der Waals surface area contributed by atoms with Crippen LogP contribution in [0.15, 0.2) is 17.1 Å². The fraction of sp³-hybridized carbons (Fsp3) is 0.824. The van der Waals surface area contributed by atoms with E-state index in [0.717, 1.165) is 12.3 Å². The Morgan fingerprint density at radius 2 is 1.83 bits per heavy atom. The van der Waals surface area contributed by atoms with Crippen molar-refractivity contribution in [1.82, 2.24) is 0 Å². The number of aliphatic imine (C=N–C) groups is 1. The van der Waals surface area contributed by atoms with Gasteiger partial charge >= 0.3 is 0 Å². The minimum atomic E-state index is 0.193. The van der Waals surface area contributed by atoms with Gasteiger partial charge in [-0.25, -0.2) is 0 Å². The molecule has 0 spiro atoms. The summed E-state index contributed by atoms with van der Waals surface area (Å²) < 4.78 is 0. The van der Waals surface area contributed by atoms with Crippen molar-refractivity contribution in [2.45, 2.75) is 78.7 Å². The Kier molecular flexibility index (Phi) is 5.62. The summed E-state index contributed by atoms with van der Waals surface area (Å²) in [7, 11) is 0. The Morgan fingerprint density at radius 3 is 2.33 bits per heavy atom. The second kappa shape index (κ2) is 6.54. The summed E-state index contributed by atoms with van der Waals surface area (Å²) in [5.41, 5.74) is 0.657. The van der Waals surface area contributed by atoms with Gasteiger partial charge < -0.3 is 0 Å². The van der Waals surface area contributed by atoms with Crippen molar-refractivity contribution in [2.75, 3.05) is 0 Å². The summed E-state index contributed by atoms with van der Waals surface area (Å²) in [6.07, 6.45) is 13.9. The Labute approximate surface area is 114 Å². The summed E-state index contributed by atoms with van der Waals surface area (Å²) in [6.45, 7) is 11.6. The van der Waals surface area contributed by atoms with Crippen LogP contribution in [-0.4, -0.2) is 11.8 Å². The van der Waals surface area contributed by atoms with Crippen molar-refractivity contribution in [3.63, 3.8) is 0 Å². The molecule has 0 radical (unpaired) electrons. The van der Waals surface area contributed by atoms with Gasteiger partial charge in [-0.05, 0) is 56.4 Å². The molecule has 0 aromatic heterocycles. The van der Waals surface area contributed by atoms with Crippen LogP contribution in [0.2, 0.25) is 0 Å². The molecule has 0 heterocycles. The molecule has 0 atom stereocenters. The second-order valence-corrected chi connectivity index (χ2v) is 7.13. The molecule has 1 aliphatic carbocycles. The Hall–Kier alpha value is -0.590. The van der Waals surface area contributed by atoms with Crippen LogP contribution in [-0.2, 0) is 0 Å².